The summed E-state index contributed by atoms with van der Waals surface area (Å²) in [4.78, 5) is 38.2. The van der Waals surface area contributed by atoms with Crippen LogP contribution >= 0.6 is 11.3 Å². The number of thiazole rings is 1. The summed E-state index contributed by atoms with van der Waals surface area (Å²) in [6.07, 6.45) is 6.93. The lowest BCUT2D eigenvalue weighted by molar-refractivity contribution is -0.135. The summed E-state index contributed by atoms with van der Waals surface area (Å²) >= 11 is 1.38. The van der Waals surface area contributed by atoms with Crippen molar-refractivity contribution in [3.05, 3.63) is 41.2 Å². The highest BCUT2D eigenvalue weighted by Gasteiger charge is 2.29. The zero-order valence-electron chi connectivity index (χ0n) is 16.4. The number of nitrogens with one attached hydrogen (secondary N) is 1. The molecule has 0 aliphatic carbocycles. The molecule has 2 aromatic rings. The second-order valence-electron chi connectivity index (χ2n) is 6.85. The Kier molecular flexibility index (Phi) is 6.97. The molecule has 0 bridgehead atoms. The summed E-state index contributed by atoms with van der Waals surface area (Å²) in [6.45, 7) is 7.48. The van der Waals surface area contributed by atoms with E-state index in [1.54, 1.807) is 18.6 Å². The molecule has 1 saturated heterocycles. The van der Waals surface area contributed by atoms with Crippen molar-refractivity contribution in [2.45, 2.75) is 33.2 Å². The molecule has 1 atom stereocenters. The van der Waals surface area contributed by atoms with Gasteiger partial charge in [-0.2, -0.15) is 0 Å². The third-order valence-corrected chi connectivity index (χ3v) is 6.07. The van der Waals surface area contributed by atoms with Crippen molar-refractivity contribution in [3.63, 3.8) is 0 Å². The average molecular weight is 402 g/mol. The molecule has 1 aliphatic heterocycles. The highest BCUT2D eigenvalue weighted by molar-refractivity contribution is 7.17. The summed E-state index contributed by atoms with van der Waals surface area (Å²) in [7, 11) is 0. The van der Waals surface area contributed by atoms with Crippen molar-refractivity contribution in [3.8, 4) is 0 Å². The molecule has 2 amide bonds. The Bertz CT molecular complexity index is 791. The summed E-state index contributed by atoms with van der Waals surface area (Å²) in [5.74, 6) is 0.0847. The van der Waals surface area contributed by atoms with Gasteiger partial charge in [0.15, 0.2) is 5.13 Å². The number of carbonyl (C=O) groups is 2. The van der Waals surface area contributed by atoms with Crippen LogP contribution < -0.4 is 10.2 Å². The maximum atomic E-state index is 12.7. The zero-order valence-corrected chi connectivity index (χ0v) is 17.2. The van der Waals surface area contributed by atoms with Gasteiger partial charge in [-0.3, -0.25) is 14.6 Å². The minimum atomic E-state index is -0.139. The van der Waals surface area contributed by atoms with Crippen LogP contribution in [0.5, 0.6) is 0 Å². The van der Waals surface area contributed by atoms with E-state index < -0.39 is 0 Å². The van der Waals surface area contributed by atoms with E-state index in [1.807, 2.05) is 30.9 Å². The highest BCUT2D eigenvalue weighted by Crippen LogP contribution is 2.28. The molecule has 7 nitrogen and oxygen atoms in total. The Morgan fingerprint density at radius 2 is 2.14 bits per heavy atom. The Labute approximate surface area is 169 Å². The number of piperidine rings is 1. The quantitative estimate of drug-likeness (QED) is 0.771. The second kappa shape index (κ2) is 9.64. The van der Waals surface area contributed by atoms with Gasteiger partial charge in [-0.15, -0.1) is 0 Å². The van der Waals surface area contributed by atoms with Gasteiger partial charge in [-0.05, 0) is 38.3 Å². The maximum Gasteiger partial charge on any atom is 0.263 e. The van der Waals surface area contributed by atoms with E-state index in [1.165, 1.54) is 11.3 Å². The van der Waals surface area contributed by atoms with Gasteiger partial charge in [0.1, 0.15) is 4.88 Å². The van der Waals surface area contributed by atoms with Crippen molar-refractivity contribution in [1.82, 2.24) is 20.2 Å². The molecule has 0 radical (unpaired) electrons. The topological polar surface area (TPSA) is 78.4 Å². The first-order chi connectivity index (χ1) is 13.6. The van der Waals surface area contributed by atoms with E-state index in [-0.39, 0.29) is 17.7 Å². The first-order valence-corrected chi connectivity index (χ1v) is 10.6. The number of hydrogen-bond acceptors (Lipinski definition) is 6. The predicted octanol–water partition coefficient (Wildman–Crippen LogP) is 2.55. The number of amides is 2. The van der Waals surface area contributed by atoms with E-state index in [4.69, 9.17) is 0 Å². The van der Waals surface area contributed by atoms with Crippen LogP contribution in [0.1, 0.15) is 41.9 Å². The number of rotatable bonds is 7. The number of anilines is 1. The molecule has 0 spiro atoms. The summed E-state index contributed by atoms with van der Waals surface area (Å²) in [5, 5.41) is 3.71. The molecular formula is C20H27N5O2S. The van der Waals surface area contributed by atoms with E-state index in [0.717, 1.165) is 43.2 Å². The molecule has 1 unspecified atom stereocenters. The van der Waals surface area contributed by atoms with Crippen LogP contribution in [0.3, 0.4) is 0 Å². The number of hydrogen-bond donors (Lipinski definition) is 1. The summed E-state index contributed by atoms with van der Waals surface area (Å²) < 4.78 is 0. The Morgan fingerprint density at radius 3 is 2.86 bits per heavy atom. The van der Waals surface area contributed by atoms with Crippen LogP contribution in [0, 0.1) is 5.92 Å². The normalized spacial score (nSPS) is 16.6. The molecule has 0 aromatic carbocycles. The number of aromatic nitrogens is 2. The SMILES string of the molecule is CCN(CC)C(=O)C1CCCN(c2ncc(C(=O)NCc3cccnc3)s2)C1. The Morgan fingerprint density at radius 1 is 1.32 bits per heavy atom. The van der Waals surface area contributed by atoms with Crippen molar-refractivity contribution in [2.75, 3.05) is 31.1 Å². The summed E-state index contributed by atoms with van der Waals surface area (Å²) in [6, 6.07) is 3.77. The van der Waals surface area contributed by atoms with Crippen LogP contribution in [0.25, 0.3) is 0 Å². The molecule has 0 saturated carbocycles. The van der Waals surface area contributed by atoms with Gasteiger partial charge in [-0.25, -0.2) is 4.98 Å². The van der Waals surface area contributed by atoms with Gasteiger partial charge in [0, 0.05) is 45.1 Å². The Hall–Kier alpha value is -2.48. The number of pyridine rings is 1. The first kappa shape index (κ1) is 20.3. The lowest BCUT2D eigenvalue weighted by atomic mass is 9.97. The number of nitrogens with zero attached hydrogens (tertiary/aromatic N) is 4. The molecule has 2 aromatic heterocycles. The van der Waals surface area contributed by atoms with Crippen molar-refractivity contribution >= 4 is 28.3 Å². The maximum absolute atomic E-state index is 12.7. The van der Waals surface area contributed by atoms with E-state index in [9.17, 15) is 9.59 Å². The fourth-order valence-electron chi connectivity index (χ4n) is 3.43. The fraction of sp³-hybridized carbons (Fsp3) is 0.500. The van der Waals surface area contributed by atoms with Crippen molar-refractivity contribution in [1.29, 1.82) is 0 Å². The second-order valence-corrected chi connectivity index (χ2v) is 7.86. The van der Waals surface area contributed by atoms with Gasteiger partial charge in [0.25, 0.3) is 5.91 Å². The molecule has 150 valence electrons. The molecule has 28 heavy (non-hydrogen) atoms. The fourth-order valence-corrected chi connectivity index (χ4v) is 4.30. The molecule has 8 heteroatoms. The van der Waals surface area contributed by atoms with Gasteiger partial charge < -0.3 is 15.1 Å². The van der Waals surface area contributed by atoms with Crippen LogP contribution in [0.15, 0.2) is 30.7 Å². The van der Waals surface area contributed by atoms with E-state index >= 15 is 0 Å². The van der Waals surface area contributed by atoms with Gasteiger partial charge in [0.2, 0.25) is 5.91 Å². The van der Waals surface area contributed by atoms with Crippen LogP contribution in [-0.2, 0) is 11.3 Å². The van der Waals surface area contributed by atoms with Crippen LogP contribution in [-0.4, -0.2) is 52.9 Å². The molecule has 3 rings (SSSR count). The average Bonchev–Trinajstić information content (AvgIpc) is 3.24. The molecule has 1 aliphatic rings. The van der Waals surface area contributed by atoms with Gasteiger partial charge in [-0.1, -0.05) is 17.4 Å². The minimum Gasteiger partial charge on any atom is -0.347 e. The molecule has 3 heterocycles. The standard InChI is InChI=1S/C20H27N5O2S/c1-3-24(4-2)19(27)16-8-6-10-25(14-16)20-23-13-17(28-20)18(26)22-12-15-7-5-9-21-11-15/h5,7,9,11,13,16H,3-4,6,8,10,12,14H2,1-2H3,(H,22,26). The number of carbonyl (C=O) groups excluding carboxylic acids is 2. The van der Waals surface area contributed by atoms with E-state index in [2.05, 4.69) is 20.2 Å². The lowest BCUT2D eigenvalue weighted by Crippen LogP contribution is -2.44. The molecule has 1 N–H and O–H groups in total. The van der Waals surface area contributed by atoms with Gasteiger partial charge in [0.05, 0.1) is 12.1 Å². The monoisotopic (exact) mass is 401 g/mol. The minimum absolute atomic E-state index is 0.000377. The third-order valence-electron chi connectivity index (χ3n) is 5.01. The third kappa shape index (κ3) is 4.86. The van der Waals surface area contributed by atoms with E-state index in [0.29, 0.717) is 18.0 Å². The Balaban J connectivity index is 1.59. The summed E-state index contributed by atoms with van der Waals surface area (Å²) in [5.41, 5.74) is 0.953. The lowest BCUT2D eigenvalue weighted by Gasteiger charge is -2.34. The van der Waals surface area contributed by atoms with Crippen molar-refractivity contribution < 1.29 is 9.59 Å². The highest BCUT2D eigenvalue weighted by atomic mass is 32.1. The van der Waals surface area contributed by atoms with Crippen LogP contribution in [0.4, 0.5) is 5.13 Å². The van der Waals surface area contributed by atoms with Crippen molar-refractivity contribution in [2.24, 2.45) is 5.92 Å². The molecular weight excluding hydrogens is 374 g/mol. The molecule has 1 fully saturated rings. The zero-order chi connectivity index (χ0) is 19.9. The van der Waals surface area contributed by atoms with Crippen LogP contribution in [0.2, 0.25) is 0 Å². The first-order valence-electron chi connectivity index (χ1n) is 9.79. The largest absolute Gasteiger partial charge is 0.347 e. The smallest absolute Gasteiger partial charge is 0.263 e. The predicted molar refractivity (Wildman–Crippen MR) is 110 cm³/mol. The van der Waals surface area contributed by atoms with Gasteiger partial charge >= 0.3 is 0 Å².